The number of pyridine rings is 1. The van der Waals surface area contributed by atoms with Crippen LogP contribution in [-0.4, -0.2) is 35.5 Å². The minimum Gasteiger partial charge on any atom is -0.480 e. The minimum absolute atomic E-state index is 0.0738. The van der Waals surface area contributed by atoms with E-state index in [4.69, 9.17) is 11.6 Å². The van der Waals surface area contributed by atoms with Crippen molar-refractivity contribution in [2.75, 3.05) is 0 Å². The fourth-order valence-corrected chi connectivity index (χ4v) is 3.84. The normalized spacial score (nSPS) is 12.7. The van der Waals surface area contributed by atoms with E-state index in [0.29, 0.717) is 22.6 Å². The molecule has 9 heteroatoms. The third-order valence-corrected chi connectivity index (χ3v) is 5.38. The molecule has 1 aromatic carbocycles. The van der Waals surface area contributed by atoms with Gasteiger partial charge in [0.05, 0.1) is 11.3 Å². The van der Waals surface area contributed by atoms with Gasteiger partial charge < -0.3 is 5.11 Å². The molecular weight excluding hydrogens is 406 g/mol. The van der Waals surface area contributed by atoms with E-state index in [1.807, 2.05) is 19.1 Å². The molecule has 1 atom stereocenters. The molecule has 1 N–H and O–H groups in total. The Balaban J connectivity index is 1.99. The molecular formula is C21H20ClN5O3. The first-order chi connectivity index (χ1) is 14.3. The van der Waals surface area contributed by atoms with Crippen LogP contribution in [-0.2, 0) is 11.2 Å². The zero-order chi connectivity index (χ0) is 21.6. The van der Waals surface area contributed by atoms with Crippen molar-refractivity contribution < 1.29 is 9.90 Å². The zero-order valence-electron chi connectivity index (χ0n) is 16.7. The van der Waals surface area contributed by atoms with E-state index in [0.717, 1.165) is 16.8 Å². The number of benzene rings is 1. The second-order valence-corrected chi connectivity index (χ2v) is 7.84. The van der Waals surface area contributed by atoms with Crippen LogP contribution in [0.3, 0.4) is 0 Å². The molecule has 30 heavy (non-hydrogen) atoms. The largest absolute Gasteiger partial charge is 0.480 e. The number of halogens is 1. The van der Waals surface area contributed by atoms with Crippen LogP contribution in [0.4, 0.5) is 0 Å². The Morgan fingerprint density at radius 3 is 2.47 bits per heavy atom. The number of hydrogen-bond donors (Lipinski definition) is 1. The maximum absolute atomic E-state index is 13.0. The number of aryl methyl sites for hydroxylation is 1. The number of carboxylic acid groups (broad SMARTS) is 1. The fourth-order valence-electron chi connectivity index (χ4n) is 3.71. The Bertz CT molecular complexity index is 1320. The fraction of sp³-hybridized carbons (Fsp3) is 0.286. The molecule has 0 aliphatic carbocycles. The highest BCUT2D eigenvalue weighted by atomic mass is 35.5. The van der Waals surface area contributed by atoms with E-state index >= 15 is 0 Å². The van der Waals surface area contributed by atoms with Gasteiger partial charge in [-0.3, -0.25) is 9.36 Å². The van der Waals surface area contributed by atoms with Gasteiger partial charge in [-0.1, -0.05) is 44.5 Å². The number of fused-ring (bicyclic) bond motifs is 3. The maximum atomic E-state index is 13.0. The van der Waals surface area contributed by atoms with Gasteiger partial charge in [-0.05, 0) is 36.1 Å². The van der Waals surface area contributed by atoms with Crippen molar-refractivity contribution in [2.45, 2.75) is 33.2 Å². The molecule has 154 valence electrons. The number of nitrogens with zero attached hydrogens (tertiary/aromatic N) is 5. The highest BCUT2D eigenvalue weighted by molar-refractivity contribution is 6.30. The molecule has 0 aliphatic rings. The smallest absolute Gasteiger partial charge is 0.327 e. The van der Waals surface area contributed by atoms with Crippen LogP contribution in [0.1, 0.15) is 32.5 Å². The van der Waals surface area contributed by atoms with Crippen LogP contribution in [0.5, 0.6) is 0 Å². The molecule has 0 fully saturated rings. The Labute approximate surface area is 176 Å². The number of rotatable bonds is 5. The lowest BCUT2D eigenvalue weighted by Crippen LogP contribution is -2.33. The van der Waals surface area contributed by atoms with E-state index in [2.05, 4.69) is 15.3 Å². The SMILES string of the molecule is CCc1nn2c(nnc3c(=O)n([C@@H](C(=O)O)C(C)C)ccc32)c1-c1ccc(Cl)cc1. The summed E-state index contributed by atoms with van der Waals surface area (Å²) >= 11 is 6.02. The summed E-state index contributed by atoms with van der Waals surface area (Å²) in [7, 11) is 0. The quantitative estimate of drug-likeness (QED) is 0.524. The minimum atomic E-state index is -1.07. The summed E-state index contributed by atoms with van der Waals surface area (Å²) in [6.07, 6.45) is 2.15. The lowest BCUT2D eigenvalue weighted by Gasteiger charge is -2.19. The first-order valence-electron chi connectivity index (χ1n) is 9.61. The van der Waals surface area contributed by atoms with Crippen LogP contribution >= 0.6 is 11.6 Å². The van der Waals surface area contributed by atoms with Gasteiger partial charge in [0, 0.05) is 11.2 Å². The van der Waals surface area contributed by atoms with Crippen molar-refractivity contribution in [1.82, 2.24) is 24.4 Å². The second-order valence-electron chi connectivity index (χ2n) is 7.41. The summed E-state index contributed by atoms with van der Waals surface area (Å²) in [5.74, 6) is -1.35. The first kappa shape index (κ1) is 20.0. The summed E-state index contributed by atoms with van der Waals surface area (Å²) in [5, 5.41) is 23.3. The van der Waals surface area contributed by atoms with Crippen LogP contribution in [0, 0.1) is 5.92 Å². The number of carbonyl (C=O) groups is 1. The van der Waals surface area contributed by atoms with Crippen LogP contribution < -0.4 is 5.56 Å². The maximum Gasteiger partial charge on any atom is 0.327 e. The molecule has 0 unspecified atom stereocenters. The second kappa shape index (κ2) is 7.53. The summed E-state index contributed by atoms with van der Waals surface area (Å²) < 4.78 is 2.79. The summed E-state index contributed by atoms with van der Waals surface area (Å²) in [6, 6.07) is 8.04. The zero-order valence-corrected chi connectivity index (χ0v) is 17.5. The van der Waals surface area contributed by atoms with Gasteiger partial charge in [0.2, 0.25) is 0 Å². The Kier molecular flexibility index (Phi) is 5.03. The Morgan fingerprint density at radius 2 is 1.87 bits per heavy atom. The average molecular weight is 426 g/mol. The molecule has 4 aromatic rings. The summed E-state index contributed by atoms with van der Waals surface area (Å²) in [5.41, 5.74) is 3.11. The highest BCUT2D eigenvalue weighted by Gasteiger charge is 2.26. The van der Waals surface area contributed by atoms with Gasteiger partial charge in [0.1, 0.15) is 11.6 Å². The van der Waals surface area contributed by atoms with Crippen molar-refractivity contribution >= 4 is 34.3 Å². The van der Waals surface area contributed by atoms with Crippen molar-refractivity contribution in [2.24, 2.45) is 5.92 Å². The van der Waals surface area contributed by atoms with Crippen molar-refractivity contribution in [3.05, 3.63) is 57.6 Å². The average Bonchev–Trinajstić information content (AvgIpc) is 3.09. The molecule has 4 rings (SSSR count). The van der Waals surface area contributed by atoms with Crippen LogP contribution in [0.15, 0.2) is 41.3 Å². The molecule has 8 nitrogen and oxygen atoms in total. The molecule has 0 saturated heterocycles. The highest BCUT2D eigenvalue weighted by Crippen LogP contribution is 2.30. The predicted octanol–water partition coefficient (Wildman–Crippen LogP) is 3.60. The van der Waals surface area contributed by atoms with Crippen LogP contribution in [0.25, 0.3) is 27.8 Å². The molecule has 0 radical (unpaired) electrons. The lowest BCUT2D eigenvalue weighted by molar-refractivity contribution is -0.142. The van der Waals surface area contributed by atoms with Gasteiger partial charge in [-0.2, -0.15) is 5.10 Å². The van der Waals surface area contributed by atoms with Crippen molar-refractivity contribution in [3.63, 3.8) is 0 Å². The lowest BCUT2D eigenvalue weighted by atomic mass is 10.0. The molecule has 0 saturated carbocycles. The van der Waals surface area contributed by atoms with E-state index in [1.54, 1.807) is 36.6 Å². The van der Waals surface area contributed by atoms with Crippen molar-refractivity contribution in [1.29, 1.82) is 0 Å². The summed E-state index contributed by atoms with van der Waals surface area (Å²) in [4.78, 5) is 24.7. The van der Waals surface area contributed by atoms with Gasteiger partial charge in [0.15, 0.2) is 11.2 Å². The van der Waals surface area contributed by atoms with Gasteiger partial charge in [0.25, 0.3) is 5.56 Å². The molecule has 3 heterocycles. The third-order valence-electron chi connectivity index (χ3n) is 5.13. The molecule has 0 amide bonds. The Morgan fingerprint density at radius 1 is 1.17 bits per heavy atom. The third kappa shape index (κ3) is 3.13. The number of aliphatic carboxylic acids is 1. The molecule has 0 bridgehead atoms. The van der Waals surface area contributed by atoms with Gasteiger partial charge in [-0.25, -0.2) is 9.31 Å². The van der Waals surface area contributed by atoms with E-state index in [1.165, 1.54) is 10.8 Å². The van der Waals surface area contributed by atoms with Crippen molar-refractivity contribution in [3.8, 4) is 11.1 Å². The van der Waals surface area contributed by atoms with Crippen LogP contribution in [0.2, 0.25) is 5.02 Å². The number of aromatic nitrogens is 5. The number of carboxylic acids is 1. The molecule has 0 aliphatic heterocycles. The molecule has 3 aromatic heterocycles. The standard InChI is InChI=1S/C21H20ClN5O3/c1-4-14-16(12-5-7-13(22)8-6-12)19-24-23-17-15(27(19)25-14)9-10-26(20(17)28)18(11(2)3)21(29)30/h5-11,18H,4H2,1-3H3,(H,29,30)/t18-/m1/s1. The first-order valence-corrected chi connectivity index (χ1v) is 9.99. The van der Waals surface area contributed by atoms with E-state index < -0.39 is 17.6 Å². The number of hydrogen-bond acceptors (Lipinski definition) is 5. The van der Waals surface area contributed by atoms with E-state index in [9.17, 15) is 14.7 Å². The predicted molar refractivity (Wildman–Crippen MR) is 114 cm³/mol. The van der Waals surface area contributed by atoms with Gasteiger partial charge in [-0.15, -0.1) is 10.2 Å². The summed E-state index contributed by atoms with van der Waals surface area (Å²) in [6.45, 7) is 5.50. The Hall–Kier alpha value is -3.26. The van der Waals surface area contributed by atoms with E-state index in [-0.39, 0.29) is 11.4 Å². The molecule has 0 spiro atoms. The van der Waals surface area contributed by atoms with Gasteiger partial charge >= 0.3 is 5.97 Å². The topological polar surface area (TPSA) is 102 Å². The monoisotopic (exact) mass is 425 g/mol.